The monoisotopic (exact) mass is 251 g/mol. The van der Waals surface area contributed by atoms with E-state index in [1.807, 2.05) is 29.8 Å². The maximum Gasteiger partial charge on any atom is 0.160 e. The molecule has 0 fully saturated rings. The molecule has 2 heterocycles. The van der Waals surface area contributed by atoms with Gasteiger partial charge < -0.3 is 10.1 Å². The summed E-state index contributed by atoms with van der Waals surface area (Å²) in [4.78, 5) is 4.62. The molecular formula is C16H17N3. The first-order valence-corrected chi connectivity index (χ1v) is 6.51. The van der Waals surface area contributed by atoms with Crippen molar-refractivity contribution in [2.24, 2.45) is 0 Å². The molecule has 0 bridgehead atoms. The summed E-state index contributed by atoms with van der Waals surface area (Å²) in [6.45, 7) is 4.19. The summed E-state index contributed by atoms with van der Waals surface area (Å²) >= 11 is 0. The summed E-state index contributed by atoms with van der Waals surface area (Å²) in [6.07, 6.45) is 5.12. The molecule has 0 spiro atoms. The van der Waals surface area contributed by atoms with E-state index in [0.717, 1.165) is 34.6 Å². The number of benzene rings is 1. The van der Waals surface area contributed by atoms with Crippen molar-refractivity contribution < 1.29 is 0 Å². The van der Waals surface area contributed by atoms with Gasteiger partial charge in [0.05, 0.1) is 11.4 Å². The molecule has 0 amide bonds. The Balaban J connectivity index is 2.12. The minimum Gasteiger partial charge on any atom is -0.396 e. The molecule has 0 atom stereocenters. The highest BCUT2D eigenvalue weighted by Crippen LogP contribution is 2.23. The maximum absolute atomic E-state index is 6.01. The van der Waals surface area contributed by atoms with Crippen molar-refractivity contribution in [3.05, 3.63) is 53.9 Å². The zero-order valence-corrected chi connectivity index (χ0v) is 11.2. The summed E-state index contributed by atoms with van der Waals surface area (Å²) in [5.41, 5.74) is 12.1. The Hall–Kier alpha value is -2.29. The summed E-state index contributed by atoms with van der Waals surface area (Å²) in [5, 5.41) is 0. The van der Waals surface area contributed by atoms with E-state index in [9.17, 15) is 0 Å². The lowest BCUT2D eigenvalue weighted by molar-refractivity contribution is 1.14. The molecule has 1 aromatic carbocycles. The van der Waals surface area contributed by atoms with Crippen LogP contribution in [-0.2, 0) is 6.42 Å². The van der Waals surface area contributed by atoms with Gasteiger partial charge in [-0.3, -0.25) is 0 Å². The molecule has 0 aliphatic carbocycles. The third-order valence-electron chi connectivity index (χ3n) is 3.37. The summed E-state index contributed by atoms with van der Waals surface area (Å²) in [5.74, 6) is 0. The first-order chi connectivity index (χ1) is 9.17. The summed E-state index contributed by atoms with van der Waals surface area (Å²) in [6, 6.07) is 10.5. The van der Waals surface area contributed by atoms with Crippen molar-refractivity contribution in [3.63, 3.8) is 0 Å². The van der Waals surface area contributed by atoms with Gasteiger partial charge in [0.25, 0.3) is 0 Å². The molecule has 0 aliphatic heterocycles. The molecule has 3 aromatic rings. The third kappa shape index (κ3) is 2.08. The van der Waals surface area contributed by atoms with Crippen molar-refractivity contribution in [1.82, 2.24) is 9.38 Å². The van der Waals surface area contributed by atoms with Gasteiger partial charge in [0.2, 0.25) is 0 Å². The van der Waals surface area contributed by atoms with Gasteiger partial charge in [-0.25, -0.2) is 4.98 Å². The normalized spacial score (nSPS) is 11.1. The molecule has 96 valence electrons. The predicted octanol–water partition coefficient (Wildman–Crippen LogP) is 3.45. The second kappa shape index (κ2) is 4.43. The number of imidazole rings is 1. The number of nitrogens with zero attached hydrogens (tertiary/aromatic N) is 2. The maximum atomic E-state index is 6.01. The molecule has 0 unspecified atom stereocenters. The fourth-order valence-electron chi connectivity index (χ4n) is 2.32. The minimum atomic E-state index is 0.719. The topological polar surface area (TPSA) is 43.3 Å². The van der Waals surface area contributed by atoms with E-state index < -0.39 is 0 Å². The van der Waals surface area contributed by atoms with Gasteiger partial charge in [-0.05, 0) is 30.5 Å². The van der Waals surface area contributed by atoms with Crippen molar-refractivity contribution in [1.29, 1.82) is 0 Å². The lowest BCUT2D eigenvalue weighted by atomic mass is 10.1. The molecule has 0 radical (unpaired) electrons. The Bertz CT molecular complexity index is 724. The Morgan fingerprint density at radius 3 is 2.58 bits per heavy atom. The fourth-order valence-corrected chi connectivity index (χ4v) is 2.32. The Morgan fingerprint density at radius 2 is 1.89 bits per heavy atom. The van der Waals surface area contributed by atoms with E-state index in [1.165, 1.54) is 5.56 Å². The van der Waals surface area contributed by atoms with Gasteiger partial charge in [-0.2, -0.15) is 0 Å². The second-order valence-electron chi connectivity index (χ2n) is 4.88. The van der Waals surface area contributed by atoms with Crippen LogP contribution < -0.4 is 5.73 Å². The van der Waals surface area contributed by atoms with Crippen LogP contribution in [0.5, 0.6) is 0 Å². The second-order valence-corrected chi connectivity index (χ2v) is 4.88. The highest BCUT2D eigenvalue weighted by molar-refractivity contribution is 5.71. The summed E-state index contributed by atoms with van der Waals surface area (Å²) in [7, 11) is 0. The van der Waals surface area contributed by atoms with E-state index in [4.69, 9.17) is 5.73 Å². The number of pyridine rings is 1. The highest BCUT2D eigenvalue weighted by atomic mass is 15.0. The number of nitrogens with two attached hydrogens (primary N) is 1. The standard InChI is InChI=1S/C16H17N3/c1-3-12-4-6-13(7-5-12)15-10-19-9-11(2)8-14(17)16(19)18-15/h4-10H,3,17H2,1-2H3. The van der Waals surface area contributed by atoms with Gasteiger partial charge in [0.1, 0.15) is 0 Å². The number of aromatic nitrogens is 2. The van der Waals surface area contributed by atoms with Gasteiger partial charge >= 0.3 is 0 Å². The van der Waals surface area contributed by atoms with Crippen LogP contribution in [0.4, 0.5) is 5.69 Å². The number of rotatable bonds is 2. The number of fused-ring (bicyclic) bond motifs is 1. The largest absolute Gasteiger partial charge is 0.396 e. The molecule has 3 heteroatoms. The number of aryl methyl sites for hydroxylation is 2. The number of anilines is 1. The first kappa shape index (κ1) is 11.8. The van der Waals surface area contributed by atoms with Crippen LogP contribution in [-0.4, -0.2) is 9.38 Å². The molecule has 19 heavy (non-hydrogen) atoms. The van der Waals surface area contributed by atoms with Gasteiger partial charge in [0.15, 0.2) is 5.65 Å². The van der Waals surface area contributed by atoms with E-state index in [0.29, 0.717) is 0 Å². The Kier molecular flexibility index (Phi) is 2.75. The minimum absolute atomic E-state index is 0.719. The van der Waals surface area contributed by atoms with Crippen molar-refractivity contribution >= 4 is 11.3 Å². The van der Waals surface area contributed by atoms with Crippen molar-refractivity contribution in [3.8, 4) is 11.3 Å². The Labute approximate surface area is 112 Å². The molecule has 3 rings (SSSR count). The van der Waals surface area contributed by atoms with E-state index in [1.54, 1.807) is 0 Å². The zero-order chi connectivity index (χ0) is 13.4. The molecular weight excluding hydrogens is 234 g/mol. The van der Waals surface area contributed by atoms with Crippen LogP contribution in [0, 0.1) is 6.92 Å². The first-order valence-electron chi connectivity index (χ1n) is 6.51. The molecule has 2 aromatic heterocycles. The van der Waals surface area contributed by atoms with Gasteiger partial charge in [-0.1, -0.05) is 31.2 Å². The van der Waals surface area contributed by atoms with Gasteiger partial charge in [0, 0.05) is 18.0 Å². The number of hydrogen-bond donors (Lipinski definition) is 1. The van der Waals surface area contributed by atoms with Crippen molar-refractivity contribution in [2.75, 3.05) is 5.73 Å². The lowest BCUT2D eigenvalue weighted by Gasteiger charge is -1.98. The van der Waals surface area contributed by atoms with Crippen LogP contribution in [0.3, 0.4) is 0 Å². The van der Waals surface area contributed by atoms with E-state index in [-0.39, 0.29) is 0 Å². The average Bonchev–Trinajstić information content (AvgIpc) is 2.83. The number of nitrogen functional groups attached to an aromatic ring is 1. The van der Waals surface area contributed by atoms with Crippen LogP contribution in [0.15, 0.2) is 42.7 Å². The zero-order valence-electron chi connectivity index (χ0n) is 11.2. The average molecular weight is 251 g/mol. The Morgan fingerprint density at radius 1 is 1.16 bits per heavy atom. The fraction of sp³-hybridized carbons (Fsp3) is 0.188. The molecule has 0 saturated heterocycles. The molecule has 2 N–H and O–H groups in total. The SMILES string of the molecule is CCc1ccc(-c2cn3cc(C)cc(N)c3n2)cc1. The third-order valence-corrected chi connectivity index (χ3v) is 3.37. The van der Waals surface area contributed by atoms with Crippen molar-refractivity contribution in [2.45, 2.75) is 20.3 Å². The molecule has 0 aliphatic rings. The molecule has 0 saturated carbocycles. The quantitative estimate of drug-likeness (QED) is 0.758. The van der Waals surface area contributed by atoms with Crippen LogP contribution in [0.2, 0.25) is 0 Å². The van der Waals surface area contributed by atoms with Crippen LogP contribution in [0.25, 0.3) is 16.9 Å². The van der Waals surface area contributed by atoms with Gasteiger partial charge in [-0.15, -0.1) is 0 Å². The molecule has 3 nitrogen and oxygen atoms in total. The number of hydrogen-bond acceptors (Lipinski definition) is 2. The van der Waals surface area contributed by atoms with E-state index in [2.05, 4.69) is 36.2 Å². The van der Waals surface area contributed by atoms with Crippen LogP contribution in [0.1, 0.15) is 18.1 Å². The lowest BCUT2D eigenvalue weighted by Crippen LogP contribution is -1.93. The summed E-state index contributed by atoms with van der Waals surface area (Å²) < 4.78 is 1.99. The smallest absolute Gasteiger partial charge is 0.160 e. The van der Waals surface area contributed by atoms with E-state index >= 15 is 0 Å². The highest BCUT2D eigenvalue weighted by Gasteiger charge is 2.07. The predicted molar refractivity (Wildman–Crippen MR) is 79.2 cm³/mol. The van der Waals surface area contributed by atoms with Crippen LogP contribution >= 0.6 is 0 Å².